The summed E-state index contributed by atoms with van der Waals surface area (Å²) in [4.78, 5) is 13.1. The van der Waals surface area contributed by atoms with Crippen LogP contribution in [0.1, 0.15) is 36.8 Å². The molecule has 2 bridgehead atoms. The highest BCUT2D eigenvalue weighted by Crippen LogP contribution is 2.87. The molecule has 7 atom stereocenters. The van der Waals surface area contributed by atoms with Crippen LogP contribution in [0.5, 0.6) is 0 Å². The topological polar surface area (TPSA) is 49.3 Å². The molecule has 4 aliphatic rings. The van der Waals surface area contributed by atoms with Crippen molar-refractivity contribution in [2.24, 2.45) is 29.1 Å². The summed E-state index contributed by atoms with van der Waals surface area (Å²) in [5.41, 5.74) is 2.78. The van der Waals surface area contributed by atoms with Gasteiger partial charge in [-0.1, -0.05) is 60.7 Å². The number of carbonyl (C=O) groups excluding carboxylic acids is 1. The molecule has 6 rings (SSSR count). The number of aliphatic hydroxyl groups is 1. The first kappa shape index (κ1) is 16.8. The van der Waals surface area contributed by atoms with Gasteiger partial charge in [0, 0.05) is 18.4 Å². The molecule has 1 amide bonds. The summed E-state index contributed by atoms with van der Waals surface area (Å²) in [6, 6.07) is 20.9. The Morgan fingerprint density at radius 1 is 1.00 bits per heavy atom. The van der Waals surface area contributed by atoms with Crippen molar-refractivity contribution in [3.8, 4) is 0 Å². The monoisotopic (exact) mass is 373 g/mol. The number of rotatable bonds is 5. The summed E-state index contributed by atoms with van der Waals surface area (Å²) < 4.78 is 0. The fraction of sp³-hybridized carbons (Fsp3) is 0.480. The third kappa shape index (κ3) is 1.91. The fourth-order valence-electron chi connectivity index (χ4n) is 7.98. The molecule has 0 aliphatic heterocycles. The molecule has 4 saturated carbocycles. The highest BCUT2D eigenvalue weighted by Gasteiger charge is 2.85. The standard InChI is InChI=1S/C25H27NO2/c27-22(26-15-16-7-3-1-4-8-16)14-24(18-9-5-2-6-10-18)20-11-17-13-25(20)19(23(17)28)12-21(24)25/h1-10,17,19-21,23,28H,11-15H2,(H,26,27)/t17?,19?,20?,21?,23?,24?,25-/m0/s1. The largest absolute Gasteiger partial charge is 0.393 e. The van der Waals surface area contributed by atoms with Crippen molar-refractivity contribution in [1.29, 1.82) is 0 Å². The molecular weight excluding hydrogens is 346 g/mol. The maximum atomic E-state index is 13.1. The number of amides is 1. The van der Waals surface area contributed by atoms with E-state index in [1.54, 1.807) is 0 Å². The molecular formula is C25H27NO2. The Labute approximate surface area is 166 Å². The average Bonchev–Trinajstić information content (AvgIpc) is 3.22. The summed E-state index contributed by atoms with van der Waals surface area (Å²) in [6.07, 6.45) is 3.86. The first-order valence-electron chi connectivity index (χ1n) is 10.7. The predicted octanol–water partition coefficient (Wildman–Crippen LogP) is 3.67. The van der Waals surface area contributed by atoms with E-state index in [1.807, 2.05) is 18.2 Å². The van der Waals surface area contributed by atoms with Gasteiger partial charge in [-0.2, -0.15) is 0 Å². The van der Waals surface area contributed by atoms with E-state index in [-0.39, 0.29) is 17.4 Å². The molecule has 3 heteroatoms. The van der Waals surface area contributed by atoms with E-state index in [1.165, 1.54) is 12.0 Å². The van der Waals surface area contributed by atoms with Gasteiger partial charge in [-0.15, -0.1) is 0 Å². The number of hydrogen-bond acceptors (Lipinski definition) is 2. The molecule has 4 aliphatic carbocycles. The molecule has 28 heavy (non-hydrogen) atoms. The Hall–Kier alpha value is -2.13. The Balaban J connectivity index is 1.28. The lowest BCUT2D eigenvalue weighted by Crippen LogP contribution is -2.76. The van der Waals surface area contributed by atoms with Crippen LogP contribution in [0.3, 0.4) is 0 Å². The maximum absolute atomic E-state index is 13.1. The maximum Gasteiger partial charge on any atom is 0.221 e. The van der Waals surface area contributed by atoms with E-state index in [4.69, 9.17) is 0 Å². The zero-order valence-corrected chi connectivity index (χ0v) is 16.1. The van der Waals surface area contributed by atoms with Crippen LogP contribution in [0.4, 0.5) is 0 Å². The first-order valence-corrected chi connectivity index (χ1v) is 10.7. The molecule has 0 heterocycles. The van der Waals surface area contributed by atoms with Gasteiger partial charge >= 0.3 is 0 Å². The first-order chi connectivity index (χ1) is 13.7. The van der Waals surface area contributed by atoms with Gasteiger partial charge in [0.1, 0.15) is 0 Å². The fourth-order valence-corrected chi connectivity index (χ4v) is 7.98. The van der Waals surface area contributed by atoms with Crippen molar-refractivity contribution < 1.29 is 9.90 Å². The van der Waals surface area contributed by atoms with Crippen molar-refractivity contribution in [3.05, 3.63) is 71.8 Å². The van der Waals surface area contributed by atoms with E-state index in [2.05, 4.69) is 47.8 Å². The van der Waals surface area contributed by atoms with Crippen LogP contribution in [-0.2, 0) is 16.8 Å². The lowest BCUT2D eigenvalue weighted by atomic mass is 9.26. The summed E-state index contributed by atoms with van der Waals surface area (Å²) in [6.45, 7) is 0.592. The van der Waals surface area contributed by atoms with Crippen LogP contribution in [0, 0.1) is 29.1 Å². The minimum Gasteiger partial charge on any atom is -0.393 e. The van der Waals surface area contributed by atoms with Crippen LogP contribution < -0.4 is 5.32 Å². The number of benzene rings is 2. The number of aliphatic hydroxyl groups excluding tert-OH is 1. The second-order valence-corrected chi connectivity index (χ2v) is 9.60. The second-order valence-electron chi connectivity index (χ2n) is 9.60. The van der Waals surface area contributed by atoms with E-state index < -0.39 is 0 Å². The lowest BCUT2D eigenvalue weighted by Gasteiger charge is -2.77. The van der Waals surface area contributed by atoms with Gasteiger partial charge in [0.25, 0.3) is 0 Å². The van der Waals surface area contributed by atoms with Crippen LogP contribution in [0.15, 0.2) is 60.7 Å². The van der Waals surface area contributed by atoms with E-state index in [0.717, 1.165) is 18.4 Å². The van der Waals surface area contributed by atoms with Crippen LogP contribution in [0.25, 0.3) is 0 Å². The number of carbonyl (C=O) groups is 1. The Morgan fingerprint density at radius 3 is 2.39 bits per heavy atom. The van der Waals surface area contributed by atoms with Crippen LogP contribution >= 0.6 is 0 Å². The quantitative estimate of drug-likeness (QED) is 0.840. The smallest absolute Gasteiger partial charge is 0.221 e. The minimum absolute atomic E-state index is 0.0343. The number of nitrogens with one attached hydrogen (secondary N) is 1. The summed E-state index contributed by atoms with van der Waals surface area (Å²) in [5.74, 6) is 2.22. The molecule has 0 radical (unpaired) electrons. The summed E-state index contributed by atoms with van der Waals surface area (Å²) >= 11 is 0. The second kappa shape index (κ2) is 5.70. The van der Waals surface area contributed by atoms with Crippen LogP contribution in [0.2, 0.25) is 0 Å². The van der Waals surface area contributed by atoms with Gasteiger partial charge in [0.2, 0.25) is 5.91 Å². The van der Waals surface area contributed by atoms with Gasteiger partial charge in [-0.05, 0) is 59.5 Å². The summed E-state index contributed by atoms with van der Waals surface area (Å²) in [7, 11) is 0. The van der Waals surface area contributed by atoms with Gasteiger partial charge < -0.3 is 10.4 Å². The van der Waals surface area contributed by atoms with E-state index in [0.29, 0.717) is 42.1 Å². The highest BCUT2D eigenvalue weighted by atomic mass is 16.3. The van der Waals surface area contributed by atoms with Crippen molar-refractivity contribution >= 4 is 5.91 Å². The zero-order valence-electron chi connectivity index (χ0n) is 16.1. The predicted molar refractivity (Wildman–Crippen MR) is 107 cm³/mol. The normalized spacial score (nSPS) is 41.7. The van der Waals surface area contributed by atoms with Crippen molar-refractivity contribution in [2.75, 3.05) is 0 Å². The van der Waals surface area contributed by atoms with Gasteiger partial charge in [0.15, 0.2) is 0 Å². The SMILES string of the molecule is O=C(CC1(c2ccccc2)C2CC3C[C@]24C(CC14)C3O)NCc1ccccc1. The van der Waals surface area contributed by atoms with Crippen molar-refractivity contribution in [2.45, 2.75) is 43.7 Å². The molecule has 6 unspecified atom stereocenters. The zero-order chi connectivity index (χ0) is 18.9. The number of hydrogen-bond donors (Lipinski definition) is 2. The van der Waals surface area contributed by atoms with Gasteiger partial charge in [-0.25, -0.2) is 0 Å². The molecule has 1 spiro atoms. The average molecular weight is 373 g/mol. The third-order valence-electron chi connectivity index (χ3n) is 8.87. The minimum atomic E-state index is -0.0896. The molecule has 144 valence electrons. The number of fused-ring (bicyclic) bond motifs is 1. The summed E-state index contributed by atoms with van der Waals surface area (Å²) in [5, 5.41) is 13.8. The van der Waals surface area contributed by atoms with Crippen molar-refractivity contribution in [3.63, 3.8) is 0 Å². The van der Waals surface area contributed by atoms with Gasteiger partial charge in [-0.3, -0.25) is 4.79 Å². The third-order valence-corrected chi connectivity index (χ3v) is 8.87. The molecule has 2 aromatic carbocycles. The molecule has 2 N–H and O–H groups in total. The molecule has 0 aromatic heterocycles. The van der Waals surface area contributed by atoms with Crippen molar-refractivity contribution in [1.82, 2.24) is 5.32 Å². The lowest BCUT2D eigenvalue weighted by molar-refractivity contribution is -0.270. The molecule has 4 fully saturated rings. The Kier molecular flexibility index (Phi) is 3.42. The molecule has 2 aromatic rings. The van der Waals surface area contributed by atoms with E-state index in [9.17, 15) is 9.90 Å². The Bertz CT molecular complexity index is 913. The molecule has 3 nitrogen and oxygen atoms in total. The molecule has 0 saturated heterocycles. The van der Waals surface area contributed by atoms with Crippen LogP contribution in [-0.4, -0.2) is 17.1 Å². The van der Waals surface area contributed by atoms with Gasteiger partial charge in [0.05, 0.1) is 6.10 Å². The Morgan fingerprint density at radius 2 is 1.68 bits per heavy atom. The highest BCUT2D eigenvalue weighted by molar-refractivity contribution is 5.78. The van der Waals surface area contributed by atoms with E-state index >= 15 is 0 Å².